The molecule has 0 aromatic heterocycles. The highest BCUT2D eigenvalue weighted by Crippen LogP contribution is 2.38. The van der Waals surface area contributed by atoms with Gasteiger partial charge in [0, 0.05) is 23.8 Å². The molecule has 3 aromatic rings. The maximum atomic E-state index is 13.0. The molecule has 8 heteroatoms. The fourth-order valence-corrected chi connectivity index (χ4v) is 3.53. The summed E-state index contributed by atoms with van der Waals surface area (Å²) in [5.41, 5.74) is 2.65. The van der Waals surface area contributed by atoms with E-state index in [-0.39, 0.29) is 23.8 Å². The highest BCUT2D eigenvalue weighted by molar-refractivity contribution is 6.15. The van der Waals surface area contributed by atoms with Gasteiger partial charge in [0.05, 0.1) is 24.7 Å². The molecular weight excluding hydrogens is 426 g/mol. The Bertz CT molecular complexity index is 1260. The van der Waals surface area contributed by atoms with Crippen molar-refractivity contribution in [3.63, 3.8) is 0 Å². The number of nitro benzene ring substituents is 1. The van der Waals surface area contributed by atoms with Crippen LogP contribution >= 0.6 is 0 Å². The molecule has 1 aliphatic rings. The van der Waals surface area contributed by atoms with E-state index in [4.69, 9.17) is 18.9 Å². The van der Waals surface area contributed by atoms with Gasteiger partial charge >= 0.3 is 0 Å². The number of non-ortho nitro benzene ring substituents is 1. The van der Waals surface area contributed by atoms with E-state index >= 15 is 0 Å². The first-order chi connectivity index (χ1) is 15.9. The second-order valence-corrected chi connectivity index (χ2v) is 7.37. The quantitative estimate of drug-likeness (QED) is 0.282. The first kappa shape index (κ1) is 21.9. The molecule has 0 amide bonds. The van der Waals surface area contributed by atoms with E-state index in [1.54, 1.807) is 62.8 Å². The molecular formula is C25H21NO7. The molecule has 0 atom stereocenters. The fraction of sp³-hybridized carbons (Fsp3) is 0.160. The lowest BCUT2D eigenvalue weighted by Gasteiger charge is -2.09. The van der Waals surface area contributed by atoms with Crippen LogP contribution in [0.1, 0.15) is 27.0 Å². The van der Waals surface area contributed by atoms with Crippen LogP contribution in [0, 0.1) is 17.0 Å². The molecule has 0 spiro atoms. The van der Waals surface area contributed by atoms with E-state index in [1.807, 2.05) is 6.92 Å². The number of ether oxygens (including phenoxy) is 4. The van der Waals surface area contributed by atoms with Crippen LogP contribution < -0.4 is 18.9 Å². The minimum atomic E-state index is -0.449. The van der Waals surface area contributed by atoms with E-state index in [0.717, 1.165) is 11.1 Å². The van der Waals surface area contributed by atoms with Crippen molar-refractivity contribution in [3.05, 3.63) is 92.7 Å². The lowest BCUT2D eigenvalue weighted by Crippen LogP contribution is -2.00. The Hall–Kier alpha value is -4.33. The lowest BCUT2D eigenvalue weighted by atomic mass is 10.0. The van der Waals surface area contributed by atoms with E-state index in [0.29, 0.717) is 34.1 Å². The molecule has 4 rings (SSSR count). The molecule has 0 saturated carbocycles. The van der Waals surface area contributed by atoms with Crippen molar-refractivity contribution in [3.8, 4) is 23.0 Å². The van der Waals surface area contributed by atoms with Gasteiger partial charge in [0.1, 0.15) is 29.6 Å². The third-order valence-electron chi connectivity index (χ3n) is 5.22. The van der Waals surface area contributed by atoms with Gasteiger partial charge in [0.25, 0.3) is 5.69 Å². The smallest absolute Gasteiger partial charge is 0.269 e. The Balaban J connectivity index is 1.56. The molecule has 0 bridgehead atoms. The largest absolute Gasteiger partial charge is 0.497 e. The zero-order valence-electron chi connectivity index (χ0n) is 18.3. The molecule has 168 valence electrons. The number of allylic oxidation sites excluding steroid dienone is 1. The van der Waals surface area contributed by atoms with Crippen molar-refractivity contribution < 1.29 is 28.7 Å². The monoisotopic (exact) mass is 447 g/mol. The maximum absolute atomic E-state index is 13.0. The number of hydrogen-bond donors (Lipinski definition) is 0. The number of carbonyl (C=O) groups excluding carboxylic acids is 1. The molecule has 0 fully saturated rings. The van der Waals surface area contributed by atoms with Crippen molar-refractivity contribution >= 4 is 17.5 Å². The third-order valence-corrected chi connectivity index (χ3v) is 5.22. The van der Waals surface area contributed by atoms with Crippen LogP contribution in [-0.2, 0) is 6.61 Å². The van der Waals surface area contributed by atoms with Crippen molar-refractivity contribution in [2.75, 3.05) is 14.2 Å². The van der Waals surface area contributed by atoms with Crippen LogP contribution in [0.3, 0.4) is 0 Å². The Labute approximate surface area is 190 Å². The molecule has 0 unspecified atom stereocenters. The van der Waals surface area contributed by atoms with E-state index < -0.39 is 4.92 Å². The van der Waals surface area contributed by atoms with Crippen molar-refractivity contribution in [1.82, 2.24) is 0 Å². The number of rotatable bonds is 7. The Morgan fingerprint density at radius 2 is 1.76 bits per heavy atom. The number of nitrogens with zero attached hydrogens (tertiary/aromatic N) is 1. The molecule has 1 heterocycles. The zero-order chi connectivity index (χ0) is 23.5. The summed E-state index contributed by atoms with van der Waals surface area (Å²) in [5, 5.41) is 10.8. The Morgan fingerprint density at radius 1 is 1.00 bits per heavy atom. The molecule has 1 aliphatic heterocycles. The summed E-state index contributed by atoms with van der Waals surface area (Å²) in [7, 11) is 3.11. The second kappa shape index (κ2) is 9.04. The highest BCUT2D eigenvalue weighted by Gasteiger charge is 2.30. The standard InChI is InChI=1S/C25H21NO7/c1-15-10-20(32-14-16-4-6-18(7-5-16)26(28)29)13-22-24(15)25(27)23(33-22)12-17-11-19(30-2)8-9-21(17)31-3/h4-13H,14H2,1-3H3/b23-12-. The SMILES string of the molecule is COc1ccc(OC)c(/C=C2\Oc3cc(OCc4ccc([N+](=O)[O-])cc4)cc(C)c3C2=O)c1. The number of aryl methyl sites for hydroxylation is 1. The number of methoxy groups -OCH3 is 2. The van der Waals surface area contributed by atoms with Gasteiger partial charge in [-0.3, -0.25) is 14.9 Å². The van der Waals surface area contributed by atoms with Gasteiger partial charge in [0.2, 0.25) is 5.78 Å². The average Bonchev–Trinajstić information content (AvgIpc) is 3.13. The topological polar surface area (TPSA) is 97.1 Å². The summed E-state index contributed by atoms with van der Waals surface area (Å²) in [5.74, 6) is 2.09. The Morgan fingerprint density at radius 3 is 2.42 bits per heavy atom. The fourth-order valence-electron chi connectivity index (χ4n) is 3.53. The van der Waals surface area contributed by atoms with Crippen LogP contribution in [0.25, 0.3) is 6.08 Å². The van der Waals surface area contributed by atoms with Gasteiger partial charge in [-0.1, -0.05) is 0 Å². The minimum Gasteiger partial charge on any atom is -0.497 e. The van der Waals surface area contributed by atoms with Crippen molar-refractivity contribution in [2.45, 2.75) is 13.5 Å². The van der Waals surface area contributed by atoms with E-state index in [2.05, 4.69) is 0 Å². The molecule has 8 nitrogen and oxygen atoms in total. The lowest BCUT2D eigenvalue weighted by molar-refractivity contribution is -0.384. The molecule has 0 aliphatic carbocycles. The number of benzene rings is 3. The maximum Gasteiger partial charge on any atom is 0.269 e. The average molecular weight is 447 g/mol. The minimum absolute atomic E-state index is 0.0195. The summed E-state index contributed by atoms with van der Waals surface area (Å²) >= 11 is 0. The zero-order valence-corrected chi connectivity index (χ0v) is 18.3. The summed E-state index contributed by atoms with van der Waals surface area (Å²) in [4.78, 5) is 23.3. The number of nitro groups is 1. The van der Waals surface area contributed by atoms with Crippen LogP contribution in [0.15, 0.2) is 60.4 Å². The number of hydrogen-bond acceptors (Lipinski definition) is 7. The van der Waals surface area contributed by atoms with Crippen molar-refractivity contribution in [1.29, 1.82) is 0 Å². The molecule has 0 radical (unpaired) electrons. The molecule has 0 N–H and O–H groups in total. The first-order valence-corrected chi connectivity index (χ1v) is 10.1. The van der Waals surface area contributed by atoms with Gasteiger partial charge in [-0.2, -0.15) is 0 Å². The van der Waals surface area contributed by atoms with Crippen LogP contribution in [-0.4, -0.2) is 24.9 Å². The van der Waals surface area contributed by atoms with Gasteiger partial charge in [-0.15, -0.1) is 0 Å². The number of carbonyl (C=O) groups is 1. The number of Topliss-reactive ketones (excluding diaryl/α,β-unsaturated/α-hetero) is 1. The highest BCUT2D eigenvalue weighted by atomic mass is 16.6. The van der Waals surface area contributed by atoms with Gasteiger partial charge < -0.3 is 18.9 Å². The van der Waals surface area contributed by atoms with Crippen LogP contribution in [0.5, 0.6) is 23.0 Å². The van der Waals surface area contributed by atoms with Gasteiger partial charge in [-0.05, 0) is 60.5 Å². The molecule has 3 aromatic carbocycles. The van der Waals surface area contributed by atoms with Crippen molar-refractivity contribution in [2.24, 2.45) is 0 Å². The summed E-state index contributed by atoms with van der Waals surface area (Å²) in [6, 6.07) is 14.9. The van der Waals surface area contributed by atoms with Crippen LogP contribution in [0.2, 0.25) is 0 Å². The summed E-state index contributed by atoms with van der Waals surface area (Å²) in [6.07, 6.45) is 1.63. The summed E-state index contributed by atoms with van der Waals surface area (Å²) in [6.45, 7) is 2.03. The van der Waals surface area contributed by atoms with Gasteiger partial charge in [-0.25, -0.2) is 0 Å². The second-order valence-electron chi connectivity index (χ2n) is 7.37. The molecule has 0 saturated heterocycles. The van der Waals surface area contributed by atoms with E-state index in [1.165, 1.54) is 12.1 Å². The predicted octanol–water partition coefficient (Wildman–Crippen LogP) is 5.12. The predicted molar refractivity (Wildman–Crippen MR) is 121 cm³/mol. The van der Waals surface area contributed by atoms with E-state index in [9.17, 15) is 14.9 Å². The van der Waals surface area contributed by atoms with Gasteiger partial charge in [0.15, 0.2) is 5.76 Å². The number of ketones is 1. The normalized spacial score (nSPS) is 13.4. The molecule has 33 heavy (non-hydrogen) atoms. The first-order valence-electron chi connectivity index (χ1n) is 10.1. The third kappa shape index (κ3) is 4.50. The Kier molecular flexibility index (Phi) is 5.99. The van der Waals surface area contributed by atoms with Crippen LogP contribution in [0.4, 0.5) is 5.69 Å². The summed E-state index contributed by atoms with van der Waals surface area (Å²) < 4.78 is 22.4. The number of fused-ring (bicyclic) bond motifs is 1.